The lowest BCUT2D eigenvalue weighted by Gasteiger charge is -2.33. The van der Waals surface area contributed by atoms with E-state index in [2.05, 4.69) is 0 Å². The van der Waals surface area contributed by atoms with Crippen LogP contribution in [-0.2, 0) is 24.7 Å². The zero-order valence-corrected chi connectivity index (χ0v) is 12.4. The van der Waals surface area contributed by atoms with Crippen molar-refractivity contribution >= 4 is 25.8 Å². The molecular formula is C10H19NO6S2. The van der Waals surface area contributed by atoms with Gasteiger partial charge in [0.15, 0.2) is 0 Å². The van der Waals surface area contributed by atoms with Gasteiger partial charge in [0.25, 0.3) is 0 Å². The third-order valence-electron chi connectivity index (χ3n) is 3.05. The van der Waals surface area contributed by atoms with E-state index < -0.39 is 43.4 Å². The van der Waals surface area contributed by atoms with E-state index in [1.165, 1.54) is 0 Å². The van der Waals surface area contributed by atoms with Crippen molar-refractivity contribution in [3.05, 3.63) is 0 Å². The molecule has 112 valence electrons. The summed E-state index contributed by atoms with van der Waals surface area (Å²) < 4.78 is 47.4. The van der Waals surface area contributed by atoms with Gasteiger partial charge in [-0.05, 0) is 12.8 Å². The van der Waals surface area contributed by atoms with Gasteiger partial charge in [0, 0.05) is 18.8 Å². The van der Waals surface area contributed by atoms with Crippen LogP contribution in [0.2, 0.25) is 0 Å². The van der Waals surface area contributed by atoms with Crippen LogP contribution in [0.15, 0.2) is 0 Å². The lowest BCUT2D eigenvalue weighted by atomic mass is 10.0. The Morgan fingerprint density at radius 1 is 1.21 bits per heavy atom. The van der Waals surface area contributed by atoms with Crippen molar-refractivity contribution in [1.82, 2.24) is 4.31 Å². The van der Waals surface area contributed by atoms with Crippen molar-refractivity contribution < 1.29 is 26.7 Å². The lowest BCUT2D eigenvalue weighted by molar-refractivity contribution is -0.138. The summed E-state index contributed by atoms with van der Waals surface area (Å²) in [5.41, 5.74) is 0. The number of sulfone groups is 1. The quantitative estimate of drug-likeness (QED) is 0.720. The fraction of sp³-hybridized carbons (Fsp3) is 0.900. The molecule has 0 aromatic carbocycles. The number of hydrogen-bond donors (Lipinski definition) is 1. The van der Waals surface area contributed by atoms with Crippen molar-refractivity contribution in [2.45, 2.75) is 31.7 Å². The first-order chi connectivity index (χ1) is 8.62. The molecule has 0 saturated carbocycles. The fourth-order valence-electron chi connectivity index (χ4n) is 2.12. The second-order valence-electron chi connectivity index (χ2n) is 4.80. The highest BCUT2D eigenvalue weighted by molar-refractivity contribution is 7.93. The molecular weight excluding hydrogens is 294 g/mol. The van der Waals surface area contributed by atoms with Gasteiger partial charge in [0.1, 0.15) is 9.84 Å². The molecule has 1 fully saturated rings. The smallest absolute Gasteiger partial charge is 0.304 e. The molecule has 0 aromatic heterocycles. The van der Waals surface area contributed by atoms with E-state index in [-0.39, 0.29) is 13.0 Å². The Morgan fingerprint density at radius 2 is 1.84 bits per heavy atom. The molecule has 1 saturated heterocycles. The molecule has 7 nitrogen and oxygen atoms in total. The topological polar surface area (TPSA) is 109 Å². The summed E-state index contributed by atoms with van der Waals surface area (Å²) >= 11 is 0. The first-order valence-corrected chi connectivity index (χ1v) is 9.68. The number of aliphatic carboxylic acids is 1. The van der Waals surface area contributed by atoms with Gasteiger partial charge in [-0.15, -0.1) is 0 Å². The van der Waals surface area contributed by atoms with Gasteiger partial charge in [0.05, 0.1) is 17.9 Å². The Morgan fingerprint density at radius 3 is 2.37 bits per heavy atom. The SMILES string of the molecule is CS(=O)(=O)CCS(=O)(=O)N1CCCCC1CC(=O)O. The monoisotopic (exact) mass is 313 g/mol. The van der Waals surface area contributed by atoms with E-state index in [0.29, 0.717) is 12.8 Å². The molecule has 1 N–H and O–H groups in total. The van der Waals surface area contributed by atoms with Crippen LogP contribution >= 0.6 is 0 Å². The first-order valence-electron chi connectivity index (χ1n) is 6.01. The minimum absolute atomic E-state index is 0.238. The largest absolute Gasteiger partial charge is 0.481 e. The molecule has 1 unspecified atom stereocenters. The molecule has 19 heavy (non-hydrogen) atoms. The molecule has 1 atom stereocenters. The average Bonchev–Trinajstić information content (AvgIpc) is 2.25. The van der Waals surface area contributed by atoms with Crippen LogP contribution in [0.25, 0.3) is 0 Å². The van der Waals surface area contributed by atoms with Crippen LogP contribution in [0.5, 0.6) is 0 Å². The standard InChI is InChI=1S/C10H19NO6S2/c1-18(14,15)6-7-19(16,17)11-5-3-2-4-9(11)8-10(12)13/h9H,2-8H2,1H3,(H,12,13). The summed E-state index contributed by atoms with van der Waals surface area (Å²) in [5.74, 6) is -1.97. The summed E-state index contributed by atoms with van der Waals surface area (Å²) in [6, 6.07) is -0.559. The Hall–Kier alpha value is -0.670. The van der Waals surface area contributed by atoms with Gasteiger partial charge in [-0.2, -0.15) is 4.31 Å². The zero-order chi connectivity index (χ0) is 14.7. The molecule has 0 bridgehead atoms. The van der Waals surface area contributed by atoms with Crippen LogP contribution < -0.4 is 0 Å². The maximum absolute atomic E-state index is 12.1. The van der Waals surface area contributed by atoms with Crippen molar-refractivity contribution in [3.8, 4) is 0 Å². The number of piperidine rings is 1. The van der Waals surface area contributed by atoms with E-state index in [0.717, 1.165) is 17.0 Å². The van der Waals surface area contributed by atoms with Crippen LogP contribution in [0.1, 0.15) is 25.7 Å². The van der Waals surface area contributed by atoms with Crippen LogP contribution in [0, 0.1) is 0 Å². The number of carbonyl (C=O) groups is 1. The van der Waals surface area contributed by atoms with Crippen molar-refractivity contribution in [3.63, 3.8) is 0 Å². The third kappa shape index (κ3) is 5.45. The number of carboxylic acids is 1. The normalized spacial score (nSPS) is 22.3. The number of nitrogens with zero attached hydrogens (tertiary/aromatic N) is 1. The van der Waals surface area contributed by atoms with Crippen molar-refractivity contribution in [2.75, 3.05) is 24.3 Å². The van der Waals surface area contributed by atoms with Crippen LogP contribution in [0.3, 0.4) is 0 Å². The molecule has 1 aliphatic heterocycles. The van der Waals surface area contributed by atoms with E-state index in [9.17, 15) is 21.6 Å². The van der Waals surface area contributed by atoms with Gasteiger partial charge in [0.2, 0.25) is 10.0 Å². The number of sulfonamides is 1. The van der Waals surface area contributed by atoms with E-state index in [1.807, 2.05) is 0 Å². The average molecular weight is 313 g/mol. The minimum Gasteiger partial charge on any atom is -0.481 e. The summed E-state index contributed by atoms with van der Waals surface area (Å²) in [6.07, 6.45) is 2.71. The highest BCUT2D eigenvalue weighted by Gasteiger charge is 2.33. The second-order valence-corrected chi connectivity index (χ2v) is 9.10. The van der Waals surface area contributed by atoms with E-state index in [1.54, 1.807) is 0 Å². The summed E-state index contributed by atoms with van der Waals surface area (Å²) in [6.45, 7) is 0.268. The number of carboxylic acid groups (broad SMARTS) is 1. The maximum atomic E-state index is 12.1. The third-order valence-corrected chi connectivity index (χ3v) is 6.17. The van der Waals surface area contributed by atoms with Crippen molar-refractivity contribution in [1.29, 1.82) is 0 Å². The summed E-state index contributed by atoms with van der Waals surface area (Å²) in [4.78, 5) is 10.7. The summed E-state index contributed by atoms with van der Waals surface area (Å²) in [5, 5.41) is 8.79. The highest BCUT2D eigenvalue weighted by atomic mass is 32.2. The fourth-order valence-corrected chi connectivity index (χ4v) is 5.45. The van der Waals surface area contributed by atoms with Gasteiger partial charge >= 0.3 is 5.97 Å². The Bertz CT molecular complexity index is 524. The predicted molar refractivity (Wildman–Crippen MR) is 70.1 cm³/mol. The molecule has 9 heteroatoms. The van der Waals surface area contributed by atoms with Gasteiger partial charge in [-0.25, -0.2) is 16.8 Å². The Kier molecular flexibility index (Phi) is 5.34. The number of hydrogen-bond acceptors (Lipinski definition) is 5. The molecule has 1 heterocycles. The molecule has 1 aliphatic rings. The Balaban J connectivity index is 2.80. The van der Waals surface area contributed by atoms with Gasteiger partial charge < -0.3 is 5.11 Å². The molecule has 0 aromatic rings. The molecule has 1 rings (SSSR count). The second kappa shape index (κ2) is 6.19. The molecule has 0 radical (unpaired) electrons. The predicted octanol–water partition coefficient (Wildman–Crippen LogP) is -0.310. The van der Waals surface area contributed by atoms with Gasteiger partial charge in [-0.3, -0.25) is 4.79 Å². The van der Waals surface area contributed by atoms with Crippen LogP contribution in [-0.4, -0.2) is 62.6 Å². The highest BCUT2D eigenvalue weighted by Crippen LogP contribution is 2.23. The zero-order valence-electron chi connectivity index (χ0n) is 10.8. The molecule has 0 amide bonds. The molecule has 0 spiro atoms. The molecule has 0 aliphatic carbocycles. The lowest BCUT2D eigenvalue weighted by Crippen LogP contribution is -2.46. The van der Waals surface area contributed by atoms with E-state index in [4.69, 9.17) is 5.11 Å². The van der Waals surface area contributed by atoms with Gasteiger partial charge in [-0.1, -0.05) is 6.42 Å². The first kappa shape index (κ1) is 16.4. The van der Waals surface area contributed by atoms with Crippen molar-refractivity contribution in [2.24, 2.45) is 0 Å². The maximum Gasteiger partial charge on any atom is 0.304 e. The van der Waals surface area contributed by atoms with E-state index >= 15 is 0 Å². The minimum atomic E-state index is -3.72. The Labute approximate surface area is 113 Å². The summed E-state index contributed by atoms with van der Waals surface area (Å²) in [7, 11) is -7.08. The number of rotatable bonds is 6. The van der Waals surface area contributed by atoms with Crippen LogP contribution in [0.4, 0.5) is 0 Å².